The molecule has 76 valence electrons. The summed E-state index contributed by atoms with van der Waals surface area (Å²) >= 11 is 11.6. The van der Waals surface area contributed by atoms with Crippen molar-refractivity contribution in [3.8, 4) is 0 Å². The van der Waals surface area contributed by atoms with Gasteiger partial charge in [0, 0.05) is 18.6 Å². The highest BCUT2D eigenvalue weighted by atomic mass is 35.5. The molecule has 1 aromatic carbocycles. The smallest absolute Gasteiger partial charge is 0.0818 e. The fraction of sp³-hybridized carbons (Fsp3) is 0.400. The molecule has 0 unspecified atom stereocenters. The number of methoxy groups -OCH3 is 1. The highest BCUT2D eigenvalue weighted by Crippen LogP contribution is 2.34. The topological polar surface area (TPSA) is 21.3 Å². The summed E-state index contributed by atoms with van der Waals surface area (Å²) in [6, 6.07) is 5.90. The first-order valence-corrected chi connectivity index (χ1v) is 5.19. The fourth-order valence-electron chi connectivity index (χ4n) is 1.94. The molecule has 1 aromatic rings. The van der Waals surface area contributed by atoms with Crippen molar-refractivity contribution in [3.05, 3.63) is 34.3 Å². The zero-order valence-electron chi connectivity index (χ0n) is 7.76. The molecule has 0 radical (unpaired) electrons. The highest BCUT2D eigenvalue weighted by Gasteiger charge is 2.31. The van der Waals surface area contributed by atoms with Gasteiger partial charge in [0.1, 0.15) is 0 Å². The van der Waals surface area contributed by atoms with Crippen LogP contribution in [-0.2, 0) is 11.2 Å². The SMILES string of the molecule is CO[C@H]1Cc2cc(Cl)ccc2[C@H]1NCl. The second-order valence-electron chi connectivity index (χ2n) is 3.41. The van der Waals surface area contributed by atoms with E-state index in [1.807, 2.05) is 18.2 Å². The molecule has 2 atom stereocenters. The van der Waals surface area contributed by atoms with Crippen LogP contribution < -0.4 is 4.84 Å². The lowest BCUT2D eigenvalue weighted by Crippen LogP contribution is -2.24. The summed E-state index contributed by atoms with van der Waals surface area (Å²) in [4.78, 5) is 2.74. The van der Waals surface area contributed by atoms with Crippen LogP contribution in [0.2, 0.25) is 5.02 Å². The Hall–Kier alpha value is -0.280. The predicted octanol–water partition coefficient (Wildman–Crippen LogP) is 2.70. The maximum atomic E-state index is 5.91. The highest BCUT2D eigenvalue weighted by molar-refractivity contribution is 6.30. The molecular weight excluding hydrogens is 221 g/mol. The van der Waals surface area contributed by atoms with E-state index in [0.717, 1.165) is 11.4 Å². The Labute approximate surface area is 93.3 Å². The van der Waals surface area contributed by atoms with Crippen molar-refractivity contribution in [1.29, 1.82) is 0 Å². The molecule has 0 spiro atoms. The molecule has 0 bridgehead atoms. The lowest BCUT2D eigenvalue weighted by atomic mass is 10.1. The third-order valence-corrected chi connectivity index (χ3v) is 3.12. The van der Waals surface area contributed by atoms with Crippen LogP contribution in [0.4, 0.5) is 0 Å². The Morgan fingerprint density at radius 1 is 1.50 bits per heavy atom. The van der Waals surface area contributed by atoms with E-state index in [9.17, 15) is 0 Å². The first kappa shape index (κ1) is 10.2. The fourth-order valence-corrected chi connectivity index (χ4v) is 2.39. The number of benzene rings is 1. The zero-order chi connectivity index (χ0) is 10.1. The Morgan fingerprint density at radius 2 is 2.29 bits per heavy atom. The van der Waals surface area contributed by atoms with Crippen LogP contribution >= 0.6 is 23.4 Å². The molecule has 1 aliphatic rings. The molecule has 2 rings (SSSR count). The third kappa shape index (κ3) is 1.63. The lowest BCUT2D eigenvalue weighted by molar-refractivity contribution is 0.0862. The largest absolute Gasteiger partial charge is 0.379 e. The van der Waals surface area contributed by atoms with E-state index in [2.05, 4.69) is 4.84 Å². The van der Waals surface area contributed by atoms with Crippen molar-refractivity contribution >= 4 is 23.4 Å². The van der Waals surface area contributed by atoms with E-state index < -0.39 is 0 Å². The quantitative estimate of drug-likeness (QED) is 0.791. The number of halogens is 2. The van der Waals surface area contributed by atoms with Crippen molar-refractivity contribution in [2.24, 2.45) is 0 Å². The van der Waals surface area contributed by atoms with Crippen LogP contribution in [-0.4, -0.2) is 13.2 Å². The van der Waals surface area contributed by atoms with Gasteiger partial charge in [-0.25, -0.2) is 4.84 Å². The van der Waals surface area contributed by atoms with Gasteiger partial charge in [-0.2, -0.15) is 0 Å². The Morgan fingerprint density at radius 3 is 2.93 bits per heavy atom. The molecule has 0 saturated carbocycles. The van der Waals surface area contributed by atoms with Crippen LogP contribution in [0.3, 0.4) is 0 Å². The summed E-state index contributed by atoms with van der Waals surface area (Å²) in [6.45, 7) is 0. The summed E-state index contributed by atoms with van der Waals surface area (Å²) < 4.78 is 5.35. The summed E-state index contributed by atoms with van der Waals surface area (Å²) in [5.74, 6) is 0. The molecule has 0 fully saturated rings. The van der Waals surface area contributed by atoms with E-state index in [0.29, 0.717) is 0 Å². The summed E-state index contributed by atoms with van der Waals surface area (Å²) in [6.07, 6.45) is 0.956. The molecule has 14 heavy (non-hydrogen) atoms. The summed E-state index contributed by atoms with van der Waals surface area (Å²) in [5.41, 5.74) is 2.39. The van der Waals surface area contributed by atoms with Gasteiger partial charge in [-0.15, -0.1) is 0 Å². The minimum absolute atomic E-state index is 0.0638. The van der Waals surface area contributed by atoms with Gasteiger partial charge in [-0.3, -0.25) is 0 Å². The molecule has 0 aromatic heterocycles. The number of ether oxygens (including phenoxy) is 1. The van der Waals surface area contributed by atoms with Gasteiger partial charge in [-0.1, -0.05) is 17.7 Å². The van der Waals surface area contributed by atoms with Gasteiger partial charge in [0.15, 0.2) is 0 Å². The van der Waals surface area contributed by atoms with Crippen molar-refractivity contribution in [2.45, 2.75) is 18.6 Å². The number of nitrogens with one attached hydrogen (secondary N) is 1. The lowest BCUT2D eigenvalue weighted by Gasteiger charge is -2.16. The monoisotopic (exact) mass is 231 g/mol. The molecule has 0 heterocycles. The molecule has 0 amide bonds. The second-order valence-corrected chi connectivity index (χ2v) is 4.06. The van der Waals surface area contributed by atoms with Gasteiger partial charge in [-0.05, 0) is 35.0 Å². The number of hydrogen-bond donors (Lipinski definition) is 1. The third-order valence-electron chi connectivity index (χ3n) is 2.65. The van der Waals surface area contributed by atoms with E-state index in [1.165, 1.54) is 11.1 Å². The molecule has 0 aliphatic heterocycles. The number of fused-ring (bicyclic) bond motifs is 1. The number of hydrogen-bond acceptors (Lipinski definition) is 2. The van der Waals surface area contributed by atoms with Crippen molar-refractivity contribution in [2.75, 3.05) is 7.11 Å². The van der Waals surface area contributed by atoms with Crippen LogP contribution in [0.15, 0.2) is 18.2 Å². The van der Waals surface area contributed by atoms with Crippen LogP contribution in [0.5, 0.6) is 0 Å². The molecule has 0 saturated heterocycles. The Bertz CT molecular complexity index is 343. The normalized spacial score (nSPS) is 25.1. The maximum Gasteiger partial charge on any atom is 0.0818 e. The molecule has 2 nitrogen and oxygen atoms in total. The van der Waals surface area contributed by atoms with E-state index in [1.54, 1.807) is 7.11 Å². The first-order valence-electron chi connectivity index (χ1n) is 4.43. The second kappa shape index (κ2) is 4.07. The average Bonchev–Trinajstić information content (AvgIpc) is 2.54. The first-order chi connectivity index (χ1) is 6.76. The number of rotatable bonds is 2. The molecule has 1 N–H and O–H groups in total. The molecule has 4 heteroatoms. The van der Waals surface area contributed by atoms with Crippen molar-refractivity contribution < 1.29 is 4.74 Å². The van der Waals surface area contributed by atoms with Gasteiger partial charge >= 0.3 is 0 Å². The predicted molar refractivity (Wildman–Crippen MR) is 57.7 cm³/mol. The van der Waals surface area contributed by atoms with Gasteiger partial charge < -0.3 is 4.74 Å². The maximum absolute atomic E-state index is 5.91. The van der Waals surface area contributed by atoms with Gasteiger partial charge in [0.25, 0.3) is 0 Å². The average molecular weight is 232 g/mol. The molecular formula is C10H11Cl2NO. The van der Waals surface area contributed by atoms with Crippen molar-refractivity contribution in [3.63, 3.8) is 0 Å². The van der Waals surface area contributed by atoms with Crippen LogP contribution in [0.25, 0.3) is 0 Å². The Kier molecular flexibility index (Phi) is 2.98. The standard InChI is InChI=1S/C10H11Cl2NO/c1-14-9-5-6-4-7(11)2-3-8(6)10(9)13-12/h2-4,9-10,13H,5H2,1H3/t9-,10+/m0/s1. The minimum Gasteiger partial charge on any atom is -0.379 e. The van der Waals surface area contributed by atoms with E-state index in [4.69, 9.17) is 28.1 Å². The van der Waals surface area contributed by atoms with E-state index >= 15 is 0 Å². The zero-order valence-corrected chi connectivity index (χ0v) is 9.27. The minimum atomic E-state index is 0.0638. The van der Waals surface area contributed by atoms with Gasteiger partial charge in [0.2, 0.25) is 0 Å². The van der Waals surface area contributed by atoms with Gasteiger partial charge in [0.05, 0.1) is 12.1 Å². The van der Waals surface area contributed by atoms with Crippen molar-refractivity contribution in [1.82, 2.24) is 4.84 Å². The van der Waals surface area contributed by atoms with E-state index in [-0.39, 0.29) is 12.1 Å². The summed E-state index contributed by atoms with van der Waals surface area (Å²) in [5, 5.41) is 0.758. The molecule has 1 aliphatic carbocycles. The Balaban J connectivity index is 2.37. The summed E-state index contributed by atoms with van der Waals surface area (Å²) in [7, 11) is 1.69. The van der Waals surface area contributed by atoms with Crippen LogP contribution in [0, 0.1) is 0 Å². The van der Waals surface area contributed by atoms with Crippen LogP contribution in [0.1, 0.15) is 17.2 Å².